The van der Waals surface area contributed by atoms with E-state index in [1.165, 1.54) is 29.1 Å². The summed E-state index contributed by atoms with van der Waals surface area (Å²) < 4.78 is 24.7. The highest BCUT2D eigenvalue weighted by atomic mass is 32.2. The van der Waals surface area contributed by atoms with E-state index in [1.54, 1.807) is 0 Å². The van der Waals surface area contributed by atoms with Gasteiger partial charge in [-0.1, -0.05) is 12.1 Å². The van der Waals surface area contributed by atoms with Crippen molar-refractivity contribution >= 4 is 21.6 Å². The molecule has 0 saturated carbocycles. The summed E-state index contributed by atoms with van der Waals surface area (Å²) in [4.78, 5) is 14.8. The Bertz CT molecular complexity index is 697. The van der Waals surface area contributed by atoms with Crippen LogP contribution in [0.1, 0.15) is 31.2 Å². The first-order valence-electron chi connectivity index (χ1n) is 9.00. The molecule has 2 heterocycles. The second-order valence-corrected chi connectivity index (χ2v) is 9.02. The van der Waals surface area contributed by atoms with E-state index in [-0.39, 0.29) is 11.8 Å². The van der Waals surface area contributed by atoms with Crippen molar-refractivity contribution in [1.29, 1.82) is 0 Å². The second-order valence-electron chi connectivity index (χ2n) is 7.04. The van der Waals surface area contributed by atoms with Gasteiger partial charge in [-0.15, -0.1) is 0 Å². The number of amides is 1. The van der Waals surface area contributed by atoms with E-state index in [0.29, 0.717) is 19.6 Å². The number of carbonyl (C=O) groups is 1. The van der Waals surface area contributed by atoms with Crippen molar-refractivity contribution in [3.63, 3.8) is 0 Å². The van der Waals surface area contributed by atoms with Crippen molar-refractivity contribution in [2.45, 2.75) is 32.2 Å². The number of rotatable bonds is 5. The molecule has 1 atom stereocenters. The monoisotopic (exact) mass is 365 g/mol. The third-order valence-electron chi connectivity index (χ3n) is 5.10. The molecule has 0 unspecified atom stereocenters. The van der Waals surface area contributed by atoms with Gasteiger partial charge in [0.1, 0.15) is 0 Å². The largest absolute Gasteiger partial charge is 0.372 e. The fraction of sp³-hybridized carbons (Fsp3) is 0.611. The third-order valence-corrected chi connectivity index (χ3v) is 6.37. The maximum Gasteiger partial charge on any atom is 0.224 e. The Balaban J connectivity index is 1.51. The minimum absolute atomic E-state index is 0.0584. The Kier molecular flexibility index (Phi) is 5.64. The minimum atomic E-state index is -3.22. The third kappa shape index (κ3) is 4.73. The highest BCUT2D eigenvalue weighted by Gasteiger charge is 2.29. The van der Waals surface area contributed by atoms with Gasteiger partial charge >= 0.3 is 0 Å². The van der Waals surface area contributed by atoms with E-state index in [9.17, 15) is 13.2 Å². The molecule has 0 radical (unpaired) electrons. The summed E-state index contributed by atoms with van der Waals surface area (Å²) in [6, 6.07) is 8.33. The first-order valence-corrected chi connectivity index (χ1v) is 10.8. The molecule has 1 amide bonds. The zero-order chi connectivity index (χ0) is 17.9. The smallest absolute Gasteiger partial charge is 0.224 e. The first-order chi connectivity index (χ1) is 11.9. The molecule has 0 bridgehead atoms. The Morgan fingerprint density at radius 3 is 2.44 bits per heavy atom. The number of carbonyl (C=O) groups excluding carboxylic acids is 1. The van der Waals surface area contributed by atoms with Crippen LogP contribution in [0.15, 0.2) is 24.3 Å². The number of nitrogens with zero attached hydrogens (tertiary/aromatic N) is 2. The standard InChI is InChI=1S/C18H27N3O3S/c1-25(23,24)21-12-4-5-16(14-21)18(22)19-13-15-6-8-17(9-7-15)20-10-2-3-11-20/h6-9,16H,2-5,10-14H2,1H3,(H,19,22)/t16-/m0/s1. The normalized spacial score (nSPS) is 22.1. The van der Waals surface area contributed by atoms with Crippen molar-refractivity contribution in [1.82, 2.24) is 9.62 Å². The fourth-order valence-corrected chi connectivity index (χ4v) is 4.50. The van der Waals surface area contributed by atoms with Crippen molar-refractivity contribution in [3.8, 4) is 0 Å². The topological polar surface area (TPSA) is 69.7 Å². The molecule has 2 saturated heterocycles. The first kappa shape index (κ1) is 18.2. The maximum absolute atomic E-state index is 12.4. The van der Waals surface area contributed by atoms with E-state index in [4.69, 9.17) is 0 Å². The van der Waals surface area contributed by atoms with Crippen LogP contribution >= 0.6 is 0 Å². The molecule has 6 nitrogen and oxygen atoms in total. The molecule has 2 fully saturated rings. The number of benzene rings is 1. The van der Waals surface area contributed by atoms with Gasteiger partial charge in [-0.05, 0) is 43.4 Å². The zero-order valence-corrected chi connectivity index (χ0v) is 15.6. The van der Waals surface area contributed by atoms with Gasteiger partial charge in [0, 0.05) is 38.4 Å². The summed E-state index contributed by atoms with van der Waals surface area (Å²) in [5.41, 5.74) is 2.30. The van der Waals surface area contributed by atoms with Crippen LogP contribution in [0.3, 0.4) is 0 Å². The Hall–Kier alpha value is -1.60. The summed E-state index contributed by atoms with van der Waals surface area (Å²) in [6.07, 6.45) is 5.18. The summed E-state index contributed by atoms with van der Waals surface area (Å²) in [7, 11) is -3.22. The highest BCUT2D eigenvalue weighted by molar-refractivity contribution is 7.88. The van der Waals surface area contributed by atoms with Crippen LogP contribution in [0, 0.1) is 5.92 Å². The lowest BCUT2D eigenvalue weighted by atomic mass is 9.99. The van der Waals surface area contributed by atoms with E-state index in [0.717, 1.165) is 31.5 Å². The number of anilines is 1. The fourth-order valence-electron chi connectivity index (χ4n) is 3.59. The van der Waals surface area contributed by atoms with Crippen LogP contribution in [0.4, 0.5) is 5.69 Å². The van der Waals surface area contributed by atoms with Crippen molar-refractivity contribution in [3.05, 3.63) is 29.8 Å². The molecule has 25 heavy (non-hydrogen) atoms. The molecule has 7 heteroatoms. The highest BCUT2D eigenvalue weighted by Crippen LogP contribution is 2.21. The Morgan fingerprint density at radius 2 is 1.80 bits per heavy atom. The quantitative estimate of drug-likeness (QED) is 0.860. The van der Waals surface area contributed by atoms with Gasteiger partial charge in [-0.25, -0.2) is 12.7 Å². The summed E-state index contributed by atoms with van der Waals surface area (Å²) in [5.74, 6) is -0.315. The molecule has 1 aromatic rings. The van der Waals surface area contributed by atoms with Gasteiger partial charge < -0.3 is 10.2 Å². The van der Waals surface area contributed by atoms with E-state index >= 15 is 0 Å². The van der Waals surface area contributed by atoms with Gasteiger partial charge in [0.25, 0.3) is 0 Å². The van der Waals surface area contributed by atoms with Crippen molar-refractivity contribution in [2.24, 2.45) is 5.92 Å². The predicted molar refractivity (Wildman–Crippen MR) is 98.9 cm³/mol. The van der Waals surface area contributed by atoms with Gasteiger partial charge in [0.05, 0.1) is 12.2 Å². The number of hydrogen-bond acceptors (Lipinski definition) is 4. The number of hydrogen-bond donors (Lipinski definition) is 1. The lowest BCUT2D eigenvalue weighted by molar-refractivity contribution is -0.126. The molecule has 2 aliphatic heterocycles. The molecular formula is C18H27N3O3S. The molecule has 0 spiro atoms. The summed E-state index contributed by atoms with van der Waals surface area (Å²) in [5, 5.41) is 2.96. The number of sulfonamides is 1. The summed E-state index contributed by atoms with van der Waals surface area (Å²) >= 11 is 0. The molecular weight excluding hydrogens is 338 g/mol. The van der Waals surface area contributed by atoms with E-state index in [1.807, 2.05) is 0 Å². The van der Waals surface area contributed by atoms with E-state index < -0.39 is 10.0 Å². The van der Waals surface area contributed by atoms with Crippen LogP contribution < -0.4 is 10.2 Å². The van der Waals surface area contributed by atoms with Crippen LogP contribution in [-0.4, -0.2) is 51.1 Å². The zero-order valence-electron chi connectivity index (χ0n) is 14.8. The number of nitrogens with one attached hydrogen (secondary N) is 1. The van der Waals surface area contributed by atoms with Gasteiger partial charge in [-0.2, -0.15) is 0 Å². The SMILES string of the molecule is CS(=O)(=O)N1CCC[C@H](C(=O)NCc2ccc(N3CCCC3)cc2)C1. The van der Waals surface area contributed by atoms with Crippen LogP contribution in [0.5, 0.6) is 0 Å². The Labute approximate surface area is 150 Å². The van der Waals surface area contributed by atoms with Gasteiger partial charge in [0.2, 0.25) is 15.9 Å². The minimum Gasteiger partial charge on any atom is -0.372 e. The second kappa shape index (κ2) is 7.74. The lowest BCUT2D eigenvalue weighted by Gasteiger charge is -2.30. The molecule has 1 aromatic carbocycles. The average molecular weight is 365 g/mol. The molecule has 3 rings (SSSR count). The average Bonchev–Trinajstić information content (AvgIpc) is 3.14. The van der Waals surface area contributed by atoms with Crippen LogP contribution in [0.25, 0.3) is 0 Å². The lowest BCUT2D eigenvalue weighted by Crippen LogP contribution is -2.44. The van der Waals surface area contributed by atoms with Crippen LogP contribution in [-0.2, 0) is 21.4 Å². The van der Waals surface area contributed by atoms with Gasteiger partial charge in [0.15, 0.2) is 0 Å². The maximum atomic E-state index is 12.4. The van der Waals surface area contributed by atoms with E-state index in [2.05, 4.69) is 34.5 Å². The molecule has 0 aliphatic carbocycles. The molecule has 1 N–H and O–H groups in total. The molecule has 0 aromatic heterocycles. The predicted octanol–water partition coefficient (Wildman–Crippen LogP) is 1.57. The van der Waals surface area contributed by atoms with Crippen molar-refractivity contribution < 1.29 is 13.2 Å². The molecule has 2 aliphatic rings. The van der Waals surface area contributed by atoms with Crippen LogP contribution in [0.2, 0.25) is 0 Å². The van der Waals surface area contributed by atoms with Gasteiger partial charge in [-0.3, -0.25) is 4.79 Å². The van der Waals surface area contributed by atoms with Crippen molar-refractivity contribution in [2.75, 3.05) is 37.3 Å². The summed E-state index contributed by atoms with van der Waals surface area (Å²) in [6.45, 7) is 3.52. The molecule has 138 valence electrons. The Morgan fingerprint density at radius 1 is 1.12 bits per heavy atom. The number of piperidine rings is 1.